The molecule has 0 aromatic heterocycles. The van der Waals surface area contributed by atoms with Crippen molar-refractivity contribution in [1.82, 2.24) is 0 Å². The molecule has 0 aliphatic rings. The third kappa shape index (κ3) is 6.46. The minimum atomic E-state index is 0.241. The van der Waals surface area contributed by atoms with Crippen molar-refractivity contribution < 1.29 is 9.78 Å². The second kappa shape index (κ2) is 9.46. The van der Waals surface area contributed by atoms with Gasteiger partial charge < -0.3 is 0 Å². The van der Waals surface area contributed by atoms with Crippen LogP contribution in [0.4, 0.5) is 0 Å². The van der Waals surface area contributed by atoms with E-state index < -0.39 is 0 Å². The van der Waals surface area contributed by atoms with E-state index in [-0.39, 0.29) is 5.92 Å². The van der Waals surface area contributed by atoms with Crippen molar-refractivity contribution >= 4 is 0 Å². The molecule has 0 bridgehead atoms. The standard InChI is InChI=1S/C12H10O2.C5H9N/c1-3-7-11(8-4-1)13-14-12-9-5-2-6-10-12;1-3-5(2)4-6/h1-10H;5H,3H2,1-2H3. The average Bonchev–Trinajstić information content (AvgIpc) is 2.54. The Morgan fingerprint density at radius 2 is 1.30 bits per heavy atom. The molecule has 1 unspecified atom stereocenters. The molecule has 0 aliphatic heterocycles. The molecule has 0 radical (unpaired) electrons. The molecule has 1 atom stereocenters. The predicted molar refractivity (Wildman–Crippen MR) is 79.2 cm³/mol. The van der Waals surface area contributed by atoms with Gasteiger partial charge in [0.1, 0.15) is 0 Å². The SMILES string of the molecule is CCC(C)C#N.c1ccc(OOc2ccccc2)cc1. The molecule has 0 amide bonds. The van der Waals surface area contributed by atoms with Crippen LogP contribution >= 0.6 is 0 Å². The second-order valence-electron chi connectivity index (χ2n) is 4.23. The summed E-state index contributed by atoms with van der Waals surface area (Å²) >= 11 is 0. The Labute approximate surface area is 120 Å². The zero-order valence-electron chi connectivity index (χ0n) is 11.8. The maximum absolute atomic E-state index is 8.08. The Morgan fingerprint density at radius 3 is 1.55 bits per heavy atom. The third-order valence-corrected chi connectivity index (χ3v) is 2.55. The first-order valence-electron chi connectivity index (χ1n) is 6.60. The fraction of sp³-hybridized carbons (Fsp3) is 0.235. The van der Waals surface area contributed by atoms with Gasteiger partial charge in [-0.15, -0.1) is 0 Å². The molecular formula is C17H19NO2. The van der Waals surface area contributed by atoms with Gasteiger partial charge in [-0.3, -0.25) is 9.78 Å². The van der Waals surface area contributed by atoms with Gasteiger partial charge >= 0.3 is 0 Å². The van der Waals surface area contributed by atoms with Gasteiger partial charge in [-0.05, 0) is 37.6 Å². The van der Waals surface area contributed by atoms with Crippen LogP contribution in [0.5, 0.6) is 11.5 Å². The highest BCUT2D eigenvalue weighted by molar-refractivity contribution is 5.23. The summed E-state index contributed by atoms with van der Waals surface area (Å²) in [6, 6.07) is 20.9. The molecule has 2 aromatic rings. The highest BCUT2D eigenvalue weighted by Gasteiger charge is 1.94. The zero-order chi connectivity index (χ0) is 14.6. The van der Waals surface area contributed by atoms with Crippen molar-refractivity contribution in [3.05, 3.63) is 60.7 Å². The lowest BCUT2D eigenvalue weighted by Gasteiger charge is -2.04. The highest BCUT2D eigenvalue weighted by atomic mass is 17.2. The van der Waals surface area contributed by atoms with Crippen molar-refractivity contribution in [3.63, 3.8) is 0 Å². The number of nitrogens with zero attached hydrogens (tertiary/aromatic N) is 1. The molecular weight excluding hydrogens is 250 g/mol. The summed E-state index contributed by atoms with van der Waals surface area (Å²) < 4.78 is 0. The Morgan fingerprint density at radius 1 is 0.900 bits per heavy atom. The van der Waals surface area contributed by atoms with Crippen LogP contribution in [-0.2, 0) is 0 Å². The molecule has 104 valence electrons. The fourth-order valence-corrected chi connectivity index (χ4v) is 1.14. The van der Waals surface area contributed by atoms with E-state index in [9.17, 15) is 0 Å². The minimum absolute atomic E-state index is 0.241. The number of nitriles is 1. The molecule has 0 aliphatic carbocycles. The predicted octanol–water partition coefficient (Wildman–Crippen LogP) is 4.62. The maximum Gasteiger partial charge on any atom is 0.178 e. The molecule has 3 nitrogen and oxygen atoms in total. The van der Waals surface area contributed by atoms with E-state index in [1.807, 2.05) is 74.5 Å². The van der Waals surface area contributed by atoms with Crippen molar-refractivity contribution in [2.45, 2.75) is 20.3 Å². The Balaban J connectivity index is 0.000000286. The fourth-order valence-electron chi connectivity index (χ4n) is 1.14. The van der Waals surface area contributed by atoms with Crippen LogP contribution in [0.15, 0.2) is 60.7 Å². The maximum atomic E-state index is 8.08. The van der Waals surface area contributed by atoms with Gasteiger partial charge in [0.05, 0.1) is 6.07 Å². The van der Waals surface area contributed by atoms with Gasteiger partial charge in [0.2, 0.25) is 0 Å². The van der Waals surface area contributed by atoms with Gasteiger partial charge in [0, 0.05) is 5.92 Å². The lowest BCUT2D eigenvalue weighted by atomic mass is 10.2. The second-order valence-corrected chi connectivity index (χ2v) is 4.23. The summed E-state index contributed by atoms with van der Waals surface area (Å²) in [5.41, 5.74) is 0. The Hall–Kier alpha value is -2.47. The van der Waals surface area contributed by atoms with Crippen LogP contribution < -0.4 is 9.78 Å². The molecule has 0 N–H and O–H groups in total. The van der Waals surface area contributed by atoms with Gasteiger partial charge in [-0.2, -0.15) is 5.26 Å². The number of hydrogen-bond acceptors (Lipinski definition) is 3. The van der Waals surface area contributed by atoms with Crippen molar-refractivity contribution in [2.75, 3.05) is 0 Å². The Bertz CT molecular complexity index is 466. The van der Waals surface area contributed by atoms with Crippen LogP contribution in [0.1, 0.15) is 20.3 Å². The number of benzene rings is 2. The first-order chi connectivity index (χ1) is 9.76. The van der Waals surface area contributed by atoms with Gasteiger partial charge in [0.25, 0.3) is 0 Å². The van der Waals surface area contributed by atoms with Crippen LogP contribution in [0.2, 0.25) is 0 Å². The molecule has 20 heavy (non-hydrogen) atoms. The van der Waals surface area contributed by atoms with E-state index in [2.05, 4.69) is 6.07 Å². The first kappa shape index (κ1) is 15.6. The number of rotatable bonds is 4. The largest absolute Gasteiger partial charge is 0.290 e. The molecule has 0 fully saturated rings. The van der Waals surface area contributed by atoms with Crippen LogP contribution in [0, 0.1) is 17.2 Å². The molecule has 2 aromatic carbocycles. The number of hydrogen-bond donors (Lipinski definition) is 0. The smallest absolute Gasteiger partial charge is 0.178 e. The van der Waals surface area contributed by atoms with E-state index in [4.69, 9.17) is 15.0 Å². The molecule has 3 heteroatoms. The monoisotopic (exact) mass is 269 g/mol. The quantitative estimate of drug-likeness (QED) is 0.601. The normalized spacial score (nSPS) is 10.4. The topological polar surface area (TPSA) is 42.2 Å². The summed E-state index contributed by atoms with van der Waals surface area (Å²) in [5, 5.41) is 8.08. The van der Waals surface area contributed by atoms with Crippen molar-refractivity contribution in [1.29, 1.82) is 5.26 Å². The summed E-state index contributed by atoms with van der Waals surface area (Å²) in [6.45, 7) is 3.92. The van der Waals surface area contributed by atoms with E-state index in [0.717, 1.165) is 6.42 Å². The van der Waals surface area contributed by atoms with Gasteiger partial charge in [-0.1, -0.05) is 43.3 Å². The van der Waals surface area contributed by atoms with Crippen LogP contribution in [0.25, 0.3) is 0 Å². The minimum Gasteiger partial charge on any atom is -0.290 e. The first-order valence-corrected chi connectivity index (χ1v) is 6.60. The third-order valence-electron chi connectivity index (χ3n) is 2.55. The van der Waals surface area contributed by atoms with E-state index in [1.165, 1.54) is 0 Å². The zero-order valence-corrected chi connectivity index (χ0v) is 11.8. The van der Waals surface area contributed by atoms with E-state index in [1.54, 1.807) is 0 Å². The number of para-hydroxylation sites is 2. The van der Waals surface area contributed by atoms with Crippen molar-refractivity contribution in [3.8, 4) is 17.6 Å². The van der Waals surface area contributed by atoms with Gasteiger partial charge in [-0.25, -0.2) is 0 Å². The molecule has 0 saturated carbocycles. The lowest BCUT2D eigenvalue weighted by molar-refractivity contribution is -0.0999. The average molecular weight is 269 g/mol. The molecule has 2 rings (SSSR count). The molecule has 0 spiro atoms. The lowest BCUT2D eigenvalue weighted by Crippen LogP contribution is -1.99. The Kier molecular flexibility index (Phi) is 7.37. The summed E-state index contributed by atoms with van der Waals surface area (Å²) in [4.78, 5) is 10.2. The van der Waals surface area contributed by atoms with Crippen LogP contribution in [0.3, 0.4) is 0 Å². The summed E-state index contributed by atoms with van der Waals surface area (Å²) in [7, 11) is 0. The summed E-state index contributed by atoms with van der Waals surface area (Å²) in [6.07, 6.45) is 0.969. The van der Waals surface area contributed by atoms with Crippen LogP contribution in [-0.4, -0.2) is 0 Å². The van der Waals surface area contributed by atoms with Crippen molar-refractivity contribution in [2.24, 2.45) is 5.92 Å². The molecule has 0 saturated heterocycles. The molecule has 0 heterocycles. The summed E-state index contributed by atoms with van der Waals surface area (Å²) in [5.74, 6) is 1.62. The highest BCUT2D eigenvalue weighted by Crippen LogP contribution is 2.13. The van der Waals surface area contributed by atoms with E-state index >= 15 is 0 Å². The van der Waals surface area contributed by atoms with E-state index in [0.29, 0.717) is 11.5 Å². The van der Waals surface area contributed by atoms with Gasteiger partial charge in [0.15, 0.2) is 11.5 Å².